The molecule has 8 rings (SSSR count). The Hall–Kier alpha value is -6.54. The zero-order valence-corrected chi connectivity index (χ0v) is 24.4. The largest absolute Gasteiger partial charge is 0.508 e. The average molecular weight is 605 g/mol. The molecule has 0 radical (unpaired) electrons. The predicted octanol–water partition coefficient (Wildman–Crippen LogP) is 8.21. The number of benzene rings is 6. The van der Waals surface area contributed by atoms with Crippen LogP contribution >= 0.6 is 0 Å². The maximum absolute atomic E-state index is 9.53. The average Bonchev–Trinajstić information content (AvgIpc) is 3.66. The van der Waals surface area contributed by atoms with E-state index in [-0.39, 0.29) is 23.0 Å². The Labute approximate surface area is 264 Å². The molecular weight excluding hydrogens is 576 g/mol. The number of phenolic OH excluding ortho intramolecular Hbond substituents is 4. The Morgan fingerprint density at radius 3 is 1.00 bits per heavy atom. The van der Waals surface area contributed by atoms with Crippen molar-refractivity contribution >= 4 is 22.1 Å². The highest BCUT2D eigenvalue weighted by Gasteiger charge is 2.15. The van der Waals surface area contributed by atoms with Gasteiger partial charge in [0.05, 0.1) is 22.1 Å². The minimum atomic E-state index is 0.223. The van der Waals surface area contributed by atoms with Gasteiger partial charge in [0, 0.05) is 22.5 Å². The molecule has 0 amide bonds. The van der Waals surface area contributed by atoms with Gasteiger partial charge in [-0.2, -0.15) is 0 Å². The van der Waals surface area contributed by atoms with Gasteiger partial charge in [-0.05, 0) is 121 Å². The molecule has 6 aromatic carbocycles. The lowest BCUT2D eigenvalue weighted by Gasteiger charge is -2.10. The van der Waals surface area contributed by atoms with Crippen LogP contribution in [0, 0.1) is 0 Å². The van der Waals surface area contributed by atoms with Gasteiger partial charge in [-0.1, -0.05) is 24.3 Å². The van der Waals surface area contributed by atoms with E-state index >= 15 is 0 Å². The number of nitrogens with zero attached hydrogens (tertiary/aromatic N) is 4. The number of para-hydroxylation sites is 4. The van der Waals surface area contributed by atoms with E-state index in [1.807, 2.05) is 106 Å². The standard InChI is InChI=1S/2C19H14N2O2/c2*22-15-9-5-13(6-10-15)19-20-17-3-1-2-4-18(17)21(19)14-7-11-16(23)12-8-14/h2*1-12,22-23H. The van der Waals surface area contributed by atoms with Gasteiger partial charge in [0.25, 0.3) is 0 Å². The predicted molar refractivity (Wildman–Crippen MR) is 180 cm³/mol. The Balaban J connectivity index is 0.000000147. The topological polar surface area (TPSA) is 117 Å². The van der Waals surface area contributed by atoms with Crippen molar-refractivity contribution in [2.75, 3.05) is 0 Å². The second-order valence-electron chi connectivity index (χ2n) is 10.6. The molecule has 0 fully saturated rings. The van der Waals surface area contributed by atoms with Crippen LogP contribution in [0.25, 0.3) is 56.2 Å². The van der Waals surface area contributed by atoms with Gasteiger partial charge in [0.15, 0.2) is 0 Å². The fraction of sp³-hybridized carbons (Fsp3) is 0. The fourth-order valence-corrected chi connectivity index (χ4v) is 5.39. The number of aromatic nitrogens is 4. The minimum absolute atomic E-state index is 0.223. The van der Waals surface area contributed by atoms with Crippen molar-refractivity contribution in [3.05, 3.63) is 146 Å². The van der Waals surface area contributed by atoms with E-state index < -0.39 is 0 Å². The summed E-state index contributed by atoms with van der Waals surface area (Å²) >= 11 is 0. The summed E-state index contributed by atoms with van der Waals surface area (Å²) in [4.78, 5) is 9.46. The van der Waals surface area contributed by atoms with Crippen LogP contribution in [0.1, 0.15) is 0 Å². The Bertz CT molecular complexity index is 2110. The molecule has 8 aromatic rings. The van der Waals surface area contributed by atoms with E-state index in [1.54, 1.807) is 48.5 Å². The van der Waals surface area contributed by atoms with Gasteiger partial charge in [0.1, 0.15) is 34.6 Å². The summed E-state index contributed by atoms with van der Waals surface area (Å²) in [7, 11) is 0. The van der Waals surface area contributed by atoms with Gasteiger partial charge >= 0.3 is 0 Å². The number of fused-ring (bicyclic) bond motifs is 2. The molecule has 8 heteroatoms. The second-order valence-corrected chi connectivity index (χ2v) is 10.6. The summed E-state index contributed by atoms with van der Waals surface area (Å²) in [6, 6.07) is 43.8. The van der Waals surface area contributed by atoms with E-state index in [2.05, 4.69) is 0 Å². The van der Waals surface area contributed by atoms with Crippen molar-refractivity contribution in [1.82, 2.24) is 19.1 Å². The first-order chi connectivity index (χ1) is 22.4. The van der Waals surface area contributed by atoms with Gasteiger partial charge in [0.2, 0.25) is 0 Å². The molecule has 0 unspecified atom stereocenters. The highest BCUT2D eigenvalue weighted by atomic mass is 16.3. The van der Waals surface area contributed by atoms with Gasteiger partial charge in [-0.15, -0.1) is 0 Å². The molecule has 2 heterocycles. The van der Waals surface area contributed by atoms with Crippen molar-refractivity contribution in [2.45, 2.75) is 0 Å². The summed E-state index contributed by atoms with van der Waals surface area (Å²) < 4.78 is 4.09. The lowest BCUT2D eigenvalue weighted by Crippen LogP contribution is -1.97. The monoisotopic (exact) mass is 604 g/mol. The number of hydrogen-bond donors (Lipinski definition) is 4. The third kappa shape index (κ3) is 5.46. The lowest BCUT2D eigenvalue weighted by atomic mass is 10.2. The summed E-state index contributed by atoms with van der Waals surface area (Å²) in [6.45, 7) is 0. The van der Waals surface area contributed by atoms with Crippen LogP contribution in [0.3, 0.4) is 0 Å². The first-order valence-electron chi connectivity index (χ1n) is 14.6. The molecule has 0 aliphatic carbocycles. The normalized spacial score (nSPS) is 11.0. The molecule has 0 atom stereocenters. The van der Waals surface area contributed by atoms with Crippen LogP contribution in [0.2, 0.25) is 0 Å². The van der Waals surface area contributed by atoms with E-state index in [9.17, 15) is 20.4 Å². The first-order valence-corrected chi connectivity index (χ1v) is 14.6. The number of aromatic hydroxyl groups is 4. The molecule has 2 aromatic heterocycles. The molecule has 0 bridgehead atoms. The molecule has 46 heavy (non-hydrogen) atoms. The summed E-state index contributed by atoms with van der Waals surface area (Å²) in [5, 5.41) is 38.1. The number of rotatable bonds is 4. The van der Waals surface area contributed by atoms with Crippen LogP contribution in [0.15, 0.2) is 146 Å². The van der Waals surface area contributed by atoms with Crippen molar-refractivity contribution in [2.24, 2.45) is 0 Å². The molecular formula is C38H28N4O4. The fourth-order valence-electron chi connectivity index (χ4n) is 5.39. The molecule has 8 nitrogen and oxygen atoms in total. The molecule has 0 saturated heterocycles. The van der Waals surface area contributed by atoms with Crippen molar-refractivity contribution < 1.29 is 20.4 Å². The SMILES string of the molecule is Oc1ccc(-c2nc3ccccc3n2-c2ccc(O)cc2)cc1.Oc1ccc(-c2nc3ccccc3n2-c2ccc(O)cc2)cc1. The van der Waals surface area contributed by atoms with E-state index in [0.29, 0.717) is 0 Å². The smallest absolute Gasteiger partial charge is 0.145 e. The Morgan fingerprint density at radius 2 is 0.652 bits per heavy atom. The molecule has 4 N–H and O–H groups in total. The number of hydrogen-bond acceptors (Lipinski definition) is 6. The molecule has 0 aliphatic rings. The molecule has 0 spiro atoms. The Morgan fingerprint density at radius 1 is 0.348 bits per heavy atom. The molecule has 0 saturated carbocycles. The van der Waals surface area contributed by atoms with E-state index in [0.717, 1.165) is 56.2 Å². The molecule has 224 valence electrons. The molecule has 0 aliphatic heterocycles. The highest BCUT2D eigenvalue weighted by Crippen LogP contribution is 2.31. The van der Waals surface area contributed by atoms with E-state index in [1.165, 1.54) is 0 Å². The summed E-state index contributed by atoms with van der Waals surface area (Å²) in [5.41, 5.74) is 7.41. The van der Waals surface area contributed by atoms with Crippen LogP contribution in [0.5, 0.6) is 23.0 Å². The minimum Gasteiger partial charge on any atom is -0.508 e. The highest BCUT2D eigenvalue weighted by molar-refractivity contribution is 5.84. The maximum Gasteiger partial charge on any atom is 0.145 e. The van der Waals surface area contributed by atoms with Crippen LogP contribution in [-0.4, -0.2) is 39.5 Å². The number of imidazole rings is 2. The van der Waals surface area contributed by atoms with Crippen LogP contribution in [0.4, 0.5) is 0 Å². The zero-order valence-electron chi connectivity index (χ0n) is 24.4. The van der Waals surface area contributed by atoms with E-state index in [4.69, 9.17) is 9.97 Å². The first kappa shape index (κ1) is 28.2. The van der Waals surface area contributed by atoms with Gasteiger partial charge in [-0.3, -0.25) is 9.13 Å². The quantitative estimate of drug-likeness (QED) is 0.161. The second kappa shape index (κ2) is 11.9. The summed E-state index contributed by atoms with van der Waals surface area (Å²) in [5.74, 6) is 2.48. The van der Waals surface area contributed by atoms with Crippen molar-refractivity contribution in [3.63, 3.8) is 0 Å². The maximum atomic E-state index is 9.53. The summed E-state index contributed by atoms with van der Waals surface area (Å²) in [6.07, 6.45) is 0. The number of phenols is 4. The third-order valence-electron chi connectivity index (χ3n) is 7.59. The zero-order chi connectivity index (χ0) is 31.6. The lowest BCUT2D eigenvalue weighted by molar-refractivity contribution is 0.474. The van der Waals surface area contributed by atoms with Crippen molar-refractivity contribution in [3.8, 4) is 57.1 Å². The third-order valence-corrected chi connectivity index (χ3v) is 7.59. The van der Waals surface area contributed by atoms with Crippen LogP contribution < -0.4 is 0 Å². The van der Waals surface area contributed by atoms with Gasteiger partial charge in [-0.25, -0.2) is 9.97 Å². The van der Waals surface area contributed by atoms with Crippen molar-refractivity contribution in [1.29, 1.82) is 0 Å². The van der Waals surface area contributed by atoms with Crippen LogP contribution in [-0.2, 0) is 0 Å². The Kier molecular flexibility index (Phi) is 7.28. The van der Waals surface area contributed by atoms with Gasteiger partial charge < -0.3 is 20.4 Å².